The number of hydrogen-bond acceptors (Lipinski definition) is 7. The van der Waals surface area contributed by atoms with Gasteiger partial charge in [-0.3, -0.25) is 4.79 Å². The highest BCUT2D eigenvalue weighted by Gasteiger charge is 2.39. The van der Waals surface area contributed by atoms with Crippen molar-refractivity contribution in [2.75, 3.05) is 6.54 Å². The maximum absolute atomic E-state index is 13.3. The normalized spacial score (nSPS) is 16.4. The minimum atomic E-state index is -1.97. The summed E-state index contributed by atoms with van der Waals surface area (Å²) in [5, 5.41) is 9.00. The van der Waals surface area contributed by atoms with Gasteiger partial charge in [0.2, 0.25) is 14.2 Å². The second-order valence-corrected chi connectivity index (χ2v) is 19.2. The lowest BCUT2D eigenvalue weighted by atomic mass is 9.92. The molecule has 4 rings (SSSR count). The van der Waals surface area contributed by atoms with Crippen molar-refractivity contribution < 1.29 is 23.2 Å². The Morgan fingerprint density at radius 3 is 2.38 bits per heavy atom. The number of aromatic amines is 1. The first-order valence-electron chi connectivity index (χ1n) is 15.7. The molecule has 0 saturated carbocycles. The predicted octanol–water partition coefficient (Wildman–Crippen LogP) is 6.77. The minimum Gasteiger partial charge on any atom is -0.544 e. The average Bonchev–Trinajstić information content (AvgIpc) is 3.58. The fraction of sp³-hybridized carbons (Fsp3) is 0.529. The summed E-state index contributed by atoms with van der Waals surface area (Å²) in [6, 6.07) is 13.3. The molecule has 1 fully saturated rings. The van der Waals surface area contributed by atoms with E-state index in [0.29, 0.717) is 24.9 Å². The van der Waals surface area contributed by atoms with Crippen LogP contribution in [0.4, 0.5) is 4.79 Å². The van der Waals surface area contributed by atoms with Crippen molar-refractivity contribution in [3.63, 3.8) is 0 Å². The number of likely N-dealkylation sites (tertiary alicyclic amines) is 1. The first kappa shape index (κ1) is 34.0. The van der Waals surface area contributed by atoms with Crippen LogP contribution in [0, 0.1) is 0 Å². The van der Waals surface area contributed by atoms with Crippen LogP contribution in [0.5, 0.6) is 5.75 Å². The Morgan fingerprint density at radius 1 is 1.09 bits per heavy atom. The van der Waals surface area contributed by atoms with E-state index in [1.165, 1.54) is 0 Å². The molecular weight excluding hydrogens is 588 g/mol. The van der Waals surface area contributed by atoms with E-state index in [4.69, 9.17) is 13.6 Å². The SMILES string of the molecule is C[C@@H](NC(=O)c1ccc(CC2CCCN2C(=O)OC(C)(C)C)c(Cc2ccc(O[Si](C)(C)C(C)(C)C)cc2)c1)c1n[nH]c(=O)o1. The Hall–Kier alpha value is -3.86. The van der Waals surface area contributed by atoms with Crippen LogP contribution in [0.25, 0.3) is 0 Å². The predicted molar refractivity (Wildman–Crippen MR) is 176 cm³/mol. The molecule has 2 aromatic carbocycles. The fourth-order valence-corrected chi connectivity index (χ4v) is 6.14. The van der Waals surface area contributed by atoms with Gasteiger partial charge in [0.15, 0.2) is 0 Å². The molecule has 0 spiro atoms. The Morgan fingerprint density at radius 2 is 1.78 bits per heavy atom. The smallest absolute Gasteiger partial charge is 0.434 e. The number of rotatable bonds is 9. The number of nitrogens with one attached hydrogen (secondary N) is 2. The number of amides is 2. The van der Waals surface area contributed by atoms with E-state index < -0.39 is 25.7 Å². The topological polar surface area (TPSA) is 127 Å². The lowest BCUT2D eigenvalue weighted by Gasteiger charge is -2.36. The van der Waals surface area contributed by atoms with E-state index in [0.717, 1.165) is 35.3 Å². The van der Waals surface area contributed by atoms with Gasteiger partial charge in [-0.15, -0.1) is 5.10 Å². The third-order valence-corrected chi connectivity index (χ3v) is 13.0. The maximum atomic E-state index is 13.3. The van der Waals surface area contributed by atoms with Gasteiger partial charge in [-0.05, 0) is 112 Å². The summed E-state index contributed by atoms with van der Waals surface area (Å²) in [7, 11) is -1.97. The summed E-state index contributed by atoms with van der Waals surface area (Å²) < 4.78 is 17.2. The zero-order valence-electron chi connectivity index (χ0n) is 28.1. The molecule has 1 aliphatic rings. The van der Waals surface area contributed by atoms with Gasteiger partial charge in [-0.25, -0.2) is 14.7 Å². The number of carbonyl (C=O) groups is 2. The van der Waals surface area contributed by atoms with Crippen molar-refractivity contribution in [3.05, 3.63) is 81.2 Å². The van der Waals surface area contributed by atoms with Crippen LogP contribution in [-0.2, 0) is 17.6 Å². The van der Waals surface area contributed by atoms with E-state index in [1.807, 2.05) is 49.9 Å². The molecule has 0 aliphatic carbocycles. The van der Waals surface area contributed by atoms with E-state index in [2.05, 4.69) is 61.5 Å². The number of H-pyrrole nitrogens is 1. The third kappa shape index (κ3) is 8.87. The largest absolute Gasteiger partial charge is 0.544 e. The van der Waals surface area contributed by atoms with E-state index in [9.17, 15) is 14.4 Å². The van der Waals surface area contributed by atoms with Crippen LogP contribution < -0.4 is 15.5 Å². The summed E-state index contributed by atoms with van der Waals surface area (Å²) in [6.07, 6.45) is 2.75. The molecule has 1 aliphatic heterocycles. The molecule has 1 saturated heterocycles. The lowest BCUT2D eigenvalue weighted by Crippen LogP contribution is -2.43. The molecule has 1 unspecified atom stereocenters. The lowest BCUT2D eigenvalue weighted by molar-refractivity contribution is 0.0226. The van der Waals surface area contributed by atoms with Gasteiger partial charge in [-0.2, -0.15) is 0 Å². The van der Waals surface area contributed by atoms with Crippen LogP contribution in [0.2, 0.25) is 18.1 Å². The van der Waals surface area contributed by atoms with E-state index in [1.54, 1.807) is 13.0 Å². The number of benzene rings is 2. The molecule has 10 nitrogen and oxygen atoms in total. The maximum Gasteiger partial charge on any atom is 0.434 e. The van der Waals surface area contributed by atoms with Crippen molar-refractivity contribution in [2.45, 2.75) is 110 Å². The van der Waals surface area contributed by atoms with Gasteiger partial charge < -0.3 is 23.8 Å². The first-order valence-corrected chi connectivity index (χ1v) is 18.6. The van der Waals surface area contributed by atoms with E-state index >= 15 is 0 Å². The fourth-order valence-electron chi connectivity index (χ4n) is 5.10. The molecular formula is C34H48N4O6Si. The molecule has 3 aromatic rings. The number of aromatic nitrogens is 2. The number of carbonyl (C=O) groups excluding carboxylic acids is 2. The molecule has 244 valence electrons. The highest BCUT2D eigenvalue weighted by atomic mass is 28.4. The summed E-state index contributed by atoms with van der Waals surface area (Å²) in [5.41, 5.74) is 3.06. The molecule has 0 bridgehead atoms. The summed E-state index contributed by atoms with van der Waals surface area (Å²) in [4.78, 5) is 39.5. The van der Waals surface area contributed by atoms with Gasteiger partial charge in [-0.1, -0.05) is 39.0 Å². The van der Waals surface area contributed by atoms with Gasteiger partial charge in [0.25, 0.3) is 5.91 Å². The van der Waals surface area contributed by atoms with Crippen LogP contribution in [0.15, 0.2) is 51.7 Å². The minimum absolute atomic E-state index is 0.00114. The van der Waals surface area contributed by atoms with Gasteiger partial charge in [0.1, 0.15) is 17.4 Å². The second kappa shape index (κ2) is 13.2. The van der Waals surface area contributed by atoms with Crippen LogP contribution >= 0.6 is 0 Å². The second-order valence-electron chi connectivity index (χ2n) is 14.5. The molecule has 2 amide bonds. The molecule has 45 heavy (non-hydrogen) atoms. The van der Waals surface area contributed by atoms with Crippen molar-refractivity contribution in [3.8, 4) is 5.75 Å². The zero-order valence-corrected chi connectivity index (χ0v) is 29.1. The van der Waals surface area contributed by atoms with Crippen LogP contribution in [0.1, 0.15) is 100 Å². The number of nitrogens with zero attached hydrogens (tertiary/aromatic N) is 2. The summed E-state index contributed by atoms with van der Waals surface area (Å²) in [5.74, 6) is -0.0218. The van der Waals surface area contributed by atoms with Crippen molar-refractivity contribution in [2.24, 2.45) is 0 Å². The Balaban J connectivity index is 1.59. The van der Waals surface area contributed by atoms with Crippen LogP contribution in [0.3, 0.4) is 0 Å². The molecule has 2 atom stereocenters. The van der Waals surface area contributed by atoms with E-state index in [-0.39, 0.29) is 29.0 Å². The summed E-state index contributed by atoms with van der Waals surface area (Å²) >= 11 is 0. The molecule has 1 aromatic heterocycles. The molecule has 2 N–H and O–H groups in total. The van der Waals surface area contributed by atoms with Gasteiger partial charge >= 0.3 is 11.8 Å². The third-order valence-electron chi connectivity index (χ3n) is 8.60. The Kier molecular flexibility index (Phi) is 10.0. The zero-order chi connectivity index (χ0) is 33.2. The van der Waals surface area contributed by atoms with Crippen molar-refractivity contribution in [1.29, 1.82) is 0 Å². The number of ether oxygens (including phenoxy) is 1. The Labute approximate surface area is 267 Å². The summed E-state index contributed by atoms with van der Waals surface area (Å²) in [6.45, 7) is 19.1. The highest BCUT2D eigenvalue weighted by molar-refractivity contribution is 6.74. The number of hydrogen-bond donors (Lipinski definition) is 2. The quantitative estimate of drug-likeness (QED) is 0.248. The monoisotopic (exact) mass is 636 g/mol. The van der Waals surface area contributed by atoms with Crippen molar-refractivity contribution >= 4 is 20.3 Å². The van der Waals surface area contributed by atoms with Crippen LogP contribution in [-0.4, -0.2) is 53.6 Å². The van der Waals surface area contributed by atoms with Gasteiger partial charge in [0.05, 0.1) is 0 Å². The first-order chi connectivity index (χ1) is 20.9. The molecule has 0 radical (unpaired) electrons. The standard InChI is InChI=1S/C34H48N4O6Si/c1-22(30-36-37-31(40)42-30)35-29(39)25-15-14-24(21-27-11-10-18-38(27)32(41)43-33(2,3)4)26(20-25)19-23-12-16-28(17-13-23)44-45(8,9)34(5,6)7/h12-17,20,22,27H,10-11,18-19,21H2,1-9H3,(H,35,39)(H,37,40)/t22-,27?/m1/s1. The Bertz CT molecular complexity index is 1550. The molecule has 11 heteroatoms. The van der Waals surface area contributed by atoms with Gasteiger partial charge in [0, 0.05) is 18.2 Å². The van der Waals surface area contributed by atoms with Crippen molar-refractivity contribution in [1.82, 2.24) is 20.4 Å². The molecule has 2 heterocycles. The average molecular weight is 637 g/mol. The highest BCUT2D eigenvalue weighted by Crippen LogP contribution is 2.37.